The molecule has 1 fully saturated rings. The maximum atomic E-state index is 13.4. The summed E-state index contributed by atoms with van der Waals surface area (Å²) in [4.78, 5) is 11.1. The summed E-state index contributed by atoms with van der Waals surface area (Å²) in [6, 6.07) is 0. The van der Waals surface area contributed by atoms with Gasteiger partial charge in [0.25, 0.3) is 0 Å². The largest absolute Gasteiger partial charge is 0.444 e. The van der Waals surface area contributed by atoms with Gasteiger partial charge in [-0.2, -0.15) is 0 Å². The molecule has 0 aromatic rings. The first-order chi connectivity index (χ1) is 6.31. The summed E-state index contributed by atoms with van der Waals surface area (Å²) < 4.78 is 18.3. The Morgan fingerprint density at radius 1 is 1.57 bits per heavy atom. The van der Waals surface area contributed by atoms with Crippen molar-refractivity contribution < 1.29 is 13.9 Å². The van der Waals surface area contributed by atoms with Crippen LogP contribution in [-0.4, -0.2) is 37.0 Å². The number of halogens is 1. The maximum Gasteiger partial charge on any atom is 0.407 e. The molecule has 0 aromatic heterocycles. The van der Waals surface area contributed by atoms with Gasteiger partial charge in [0, 0.05) is 13.1 Å². The molecule has 82 valence electrons. The van der Waals surface area contributed by atoms with Crippen LogP contribution < -0.4 is 10.6 Å². The molecular weight excluding hydrogens is 187 g/mol. The molecule has 14 heavy (non-hydrogen) atoms. The third-order valence-electron chi connectivity index (χ3n) is 1.83. The predicted octanol–water partition coefficient (Wildman–Crippen LogP) is 0.823. The highest BCUT2D eigenvalue weighted by molar-refractivity contribution is 5.67. The van der Waals surface area contributed by atoms with E-state index in [1.807, 2.05) is 0 Å². The van der Waals surface area contributed by atoms with Gasteiger partial charge in [0.1, 0.15) is 5.60 Å². The van der Waals surface area contributed by atoms with Crippen molar-refractivity contribution in [2.24, 2.45) is 0 Å². The van der Waals surface area contributed by atoms with Crippen LogP contribution >= 0.6 is 0 Å². The Balaban J connectivity index is 2.21. The molecule has 1 amide bonds. The third kappa shape index (κ3) is 3.49. The van der Waals surface area contributed by atoms with Crippen molar-refractivity contribution in [1.29, 1.82) is 0 Å². The van der Waals surface area contributed by atoms with Crippen LogP contribution in [-0.2, 0) is 4.74 Å². The van der Waals surface area contributed by atoms with Gasteiger partial charge in [-0.05, 0) is 20.8 Å². The summed E-state index contributed by atoms with van der Waals surface area (Å²) in [5.41, 5.74) is -1.83. The molecular formula is C9H17FN2O2. The number of alkyl halides is 1. The van der Waals surface area contributed by atoms with Gasteiger partial charge in [-0.3, -0.25) is 0 Å². The minimum Gasteiger partial charge on any atom is -0.444 e. The normalized spacial score (nSPS) is 19.7. The van der Waals surface area contributed by atoms with Crippen LogP contribution in [0.1, 0.15) is 20.8 Å². The van der Waals surface area contributed by atoms with Gasteiger partial charge in [0.05, 0.1) is 6.54 Å². The minimum absolute atomic E-state index is 0.00884. The van der Waals surface area contributed by atoms with Crippen LogP contribution in [0.2, 0.25) is 0 Å². The van der Waals surface area contributed by atoms with E-state index in [9.17, 15) is 9.18 Å². The maximum absolute atomic E-state index is 13.4. The van der Waals surface area contributed by atoms with E-state index in [1.165, 1.54) is 0 Å². The zero-order valence-corrected chi connectivity index (χ0v) is 8.82. The molecule has 0 atom stereocenters. The van der Waals surface area contributed by atoms with E-state index in [-0.39, 0.29) is 6.54 Å². The Morgan fingerprint density at radius 3 is 2.50 bits per heavy atom. The summed E-state index contributed by atoms with van der Waals surface area (Å²) in [6.07, 6.45) is -0.568. The second-order valence-corrected chi connectivity index (χ2v) is 4.61. The number of nitrogens with one attached hydrogen (secondary N) is 2. The Kier molecular flexibility index (Phi) is 2.99. The zero-order chi connectivity index (χ0) is 10.8. The second-order valence-electron chi connectivity index (χ2n) is 4.61. The van der Waals surface area contributed by atoms with Gasteiger partial charge >= 0.3 is 6.09 Å². The summed E-state index contributed by atoms with van der Waals surface area (Å²) in [5, 5.41) is 5.21. The number of ether oxygens (including phenoxy) is 1. The molecule has 0 aliphatic carbocycles. The lowest BCUT2D eigenvalue weighted by molar-refractivity contribution is 0.0412. The molecule has 1 aliphatic rings. The highest BCUT2D eigenvalue weighted by Gasteiger charge is 2.37. The van der Waals surface area contributed by atoms with Crippen molar-refractivity contribution >= 4 is 6.09 Å². The Labute approximate surface area is 83.2 Å². The molecule has 0 aromatic carbocycles. The highest BCUT2D eigenvalue weighted by atomic mass is 19.1. The summed E-state index contributed by atoms with van der Waals surface area (Å²) in [7, 11) is 0. The van der Waals surface area contributed by atoms with E-state index in [4.69, 9.17) is 4.74 Å². The van der Waals surface area contributed by atoms with Crippen molar-refractivity contribution in [3.05, 3.63) is 0 Å². The van der Waals surface area contributed by atoms with Crippen molar-refractivity contribution in [3.8, 4) is 0 Å². The average molecular weight is 204 g/mol. The molecule has 5 heteroatoms. The topological polar surface area (TPSA) is 50.4 Å². The van der Waals surface area contributed by atoms with Crippen LogP contribution in [0.3, 0.4) is 0 Å². The minimum atomic E-state index is -1.29. The van der Waals surface area contributed by atoms with E-state index in [0.29, 0.717) is 13.1 Å². The fourth-order valence-corrected chi connectivity index (χ4v) is 1.07. The Bertz CT molecular complexity index is 221. The Hall–Kier alpha value is -0.840. The standard InChI is InChI=1S/C9H17FN2O2/c1-8(2,3)14-7(13)12-6-9(10)4-11-5-9/h11H,4-6H2,1-3H3,(H,12,13). The molecule has 0 radical (unpaired) electrons. The summed E-state index contributed by atoms with van der Waals surface area (Å²) in [5.74, 6) is 0. The lowest BCUT2D eigenvalue weighted by atomic mass is 10.00. The van der Waals surface area contributed by atoms with Crippen LogP contribution in [0.4, 0.5) is 9.18 Å². The fourth-order valence-electron chi connectivity index (χ4n) is 1.07. The number of hydrogen-bond acceptors (Lipinski definition) is 3. The molecule has 0 bridgehead atoms. The lowest BCUT2D eigenvalue weighted by Gasteiger charge is -2.35. The Morgan fingerprint density at radius 2 is 2.14 bits per heavy atom. The van der Waals surface area contributed by atoms with Gasteiger partial charge in [-0.25, -0.2) is 9.18 Å². The first kappa shape index (κ1) is 11.2. The van der Waals surface area contributed by atoms with E-state index in [0.717, 1.165) is 0 Å². The molecule has 1 saturated heterocycles. The van der Waals surface area contributed by atoms with Gasteiger partial charge in [-0.1, -0.05) is 0 Å². The molecule has 0 saturated carbocycles. The SMILES string of the molecule is CC(C)(C)OC(=O)NCC1(F)CNC1. The molecule has 1 aliphatic heterocycles. The molecule has 1 heterocycles. The van der Waals surface area contributed by atoms with E-state index in [1.54, 1.807) is 20.8 Å². The van der Waals surface area contributed by atoms with Crippen LogP contribution in [0, 0.1) is 0 Å². The van der Waals surface area contributed by atoms with Crippen LogP contribution in [0.15, 0.2) is 0 Å². The van der Waals surface area contributed by atoms with Crippen LogP contribution in [0.25, 0.3) is 0 Å². The van der Waals surface area contributed by atoms with Crippen LogP contribution in [0.5, 0.6) is 0 Å². The number of carbonyl (C=O) groups is 1. The van der Waals surface area contributed by atoms with E-state index >= 15 is 0 Å². The number of alkyl carbamates (subject to hydrolysis) is 1. The predicted molar refractivity (Wildman–Crippen MR) is 50.9 cm³/mol. The van der Waals surface area contributed by atoms with Crippen molar-refractivity contribution in [2.75, 3.05) is 19.6 Å². The van der Waals surface area contributed by atoms with Gasteiger partial charge in [0.15, 0.2) is 5.67 Å². The summed E-state index contributed by atoms with van der Waals surface area (Å²) in [6.45, 7) is 5.90. The molecule has 2 N–H and O–H groups in total. The smallest absolute Gasteiger partial charge is 0.407 e. The summed E-state index contributed by atoms with van der Waals surface area (Å²) >= 11 is 0. The molecule has 1 rings (SSSR count). The molecule has 0 unspecified atom stereocenters. The molecule has 0 spiro atoms. The van der Waals surface area contributed by atoms with Crippen molar-refractivity contribution in [3.63, 3.8) is 0 Å². The first-order valence-corrected chi connectivity index (χ1v) is 4.67. The van der Waals surface area contributed by atoms with Crippen molar-refractivity contribution in [2.45, 2.75) is 32.0 Å². The fraction of sp³-hybridized carbons (Fsp3) is 0.889. The second kappa shape index (κ2) is 3.73. The number of amides is 1. The van der Waals surface area contributed by atoms with Gasteiger partial charge in [0.2, 0.25) is 0 Å². The molecule has 4 nitrogen and oxygen atoms in total. The quantitative estimate of drug-likeness (QED) is 0.700. The van der Waals surface area contributed by atoms with Crippen molar-refractivity contribution in [1.82, 2.24) is 10.6 Å². The van der Waals surface area contributed by atoms with E-state index < -0.39 is 17.4 Å². The lowest BCUT2D eigenvalue weighted by Crippen LogP contribution is -2.61. The third-order valence-corrected chi connectivity index (χ3v) is 1.83. The first-order valence-electron chi connectivity index (χ1n) is 4.67. The average Bonchev–Trinajstić information content (AvgIpc) is 1.94. The monoisotopic (exact) mass is 204 g/mol. The highest BCUT2D eigenvalue weighted by Crippen LogP contribution is 2.15. The van der Waals surface area contributed by atoms with E-state index in [2.05, 4.69) is 10.6 Å². The number of rotatable bonds is 2. The number of carbonyl (C=O) groups excluding carboxylic acids is 1. The van der Waals surface area contributed by atoms with Gasteiger partial charge < -0.3 is 15.4 Å². The van der Waals surface area contributed by atoms with Gasteiger partial charge in [-0.15, -0.1) is 0 Å². The zero-order valence-electron chi connectivity index (χ0n) is 8.82. The number of hydrogen-bond donors (Lipinski definition) is 2.